The molecule has 0 radical (unpaired) electrons. The Morgan fingerprint density at radius 1 is 1.36 bits per heavy atom. The van der Waals surface area contributed by atoms with E-state index in [9.17, 15) is 4.79 Å². The number of aryl methyl sites for hydroxylation is 3. The number of pyridine rings is 1. The van der Waals surface area contributed by atoms with E-state index in [-0.39, 0.29) is 12.0 Å². The van der Waals surface area contributed by atoms with Gasteiger partial charge in [0.2, 0.25) is 5.91 Å². The molecule has 0 aromatic carbocycles. The van der Waals surface area contributed by atoms with Crippen molar-refractivity contribution in [3.63, 3.8) is 0 Å². The van der Waals surface area contributed by atoms with Gasteiger partial charge in [-0.25, -0.2) is 0 Å². The summed E-state index contributed by atoms with van der Waals surface area (Å²) in [5, 5.41) is 3.93. The van der Waals surface area contributed by atoms with E-state index >= 15 is 0 Å². The molecule has 3 rings (SSSR count). The number of nitrogens with two attached hydrogens (primary N) is 1. The molecule has 1 aliphatic heterocycles. The van der Waals surface area contributed by atoms with Crippen molar-refractivity contribution in [2.24, 2.45) is 0 Å². The highest BCUT2D eigenvalue weighted by molar-refractivity contribution is 5.76. The normalized spacial score (nSPS) is 17.7. The SMILES string of the molecule is Cc1cc(N)cc(C2CN(C(=O)CCc3c(C)noc3C)CCO2)n1. The molecular weight excluding hydrogens is 320 g/mol. The van der Waals surface area contributed by atoms with Crippen molar-refractivity contribution in [3.8, 4) is 0 Å². The standard InChI is InChI=1S/C18H24N4O3/c1-11-8-14(19)9-16(20-11)17-10-22(6-7-24-17)18(23)5-4-15-12(2)21-25-13(15)3/h8-9,17H,4-7,10H2,1-3H3,(H2,19,20). The fourth-order valence-electron chi connectivity index (χ4n) is 3.19. The zero-order valence-corrected chi connectivity index (χ0v) is 14.9. The van der Waals surface area contributed by atoms with Gasteiger partial charge in [-0.05, 0) is 39.3 Å². The Hall–Kier alpha value is -2.41. The van der Waals surface area contributed by atoms with E-state index in [0.717, 1.165) is 28.4 Å². The minimum Gasteiger partial charge on any atom is -0.399 e. The van der Waals surface area contributed by atoms with E-state index in [2.05, 4.69) is 10.1 Å². The lowest BCUT2D eigenvalue weighted by Gasteiger charge is -2.33. The van der Waals surface area contributed by atoms with Crippen LogP contribution >= 0.6 is 0 Å². The number of nitrogens with zero attached hydrogens (tertiary/aromatic N) is 3. The summed E-state index contributed by atoms with van der Waals surface area (Å²) >= 11 is 0. The van der Waals surface area contributed by atoms with Crippen molar-refractivity contribution >= 4 is 11.6 Å². The van der Waals surface area contributed by atoms with Crippen LogP contribution in [-0.2, 0) is 16.0 Å². The van der Waals surface area contributed by atoms with Gasteiger partial charge in [-0.1, -0.05) is 5.16 Å². The van der Waals surface area contributed by atoms with Gasteiger partial charge >= 0.3 is 0 Å². The maximum absolute atomic E-state index is 12.6. The maximum Gasteiger partial charge on any atom is 0.223 e. The minimum atomic E-state index is -0.237. The summed E-state index contributed by atoms with van der Waals surface area (Å²) in [4.78, 5) is 18.9. The smallest absolute Gasteiger partial charge is 0.223 e. The fraction of sp³-hybridized carbons (Fsp3) is 0.500. The average Bonchev–Trinajstić information content (AvgIpc) is 2.90. The summed E-state index contributed by atoms with van der Waals surface area (Å²) in [5.74, 6) is 0.888. The molecule has 1 saturated heterocycles. The van der Waals surface area contributed by atoms with Crippen LogP contribution in [0, 0.1) is 20.8 Å². The molecule has 1 amide bonds. The molecule has 7 heteroatoms. The number of hydrogen-bond acceptors (Lipinski definition) is 6. The second-order valence-corrected chi connectivity index (χ2v) is 6.47. The van der Waals surface area contributed by atoms with Crippen molar-refractivity contribution in [2.45, 2.75) is 39.7 Å². The van der Waals surface area contributed by atoms with E-state index < -0.39 is 0 Å². The van der Waals surface area contributed by atoms with Crippen LogP contribution in [0.25, 0.3) is 0 Å². The number of rotatable bonds is 4. The van der Waals surface area contributed by atoms with E-state index in [1.54, 1.807) is 0 Å². The number of carbonyl (C=O) groups excluding carboxylic acids is 1. The summed E-state index contributed by atoms with van der Waals surface area (Å²) < 4.78 is 11.0. The zero-order valence-electron chi connectivity index (χ0n) is 14.9. The molecule has 2 aromatic rings. The number of nitrogen functional groups attached to an aromatic ring is 1. The highest BCUT2D eigenvalue weighted by Crippen LogP contribution is 2.24. The molecule has 1 atom stereocenters. The van der Waals surface area contributed by atoms with Gasteiger partial charge in [0.25, 0.3) is 0 Å². The molecule has 134 valence electrons. The molecule has 0 spiro atoms. The van der Waals surface area contributed by atoms with Crippen LogP contribution in [0.2, 0.25) is 0 Å². The predicted octanol–water partition coefficient (Wildman–Crippen LogP) is 2.11. The Balaban J connectivity index is 1.63. The lowest BCUT2D eigenvalue weighted by Crippen LogP contribution is -2.42. The monoisotopic (exact) mass is 344 g/mol. The van der Waals surface area contributed by atoms with Crippen LogP contribution in [0.4, 0.5) is 5.69 Å². The topological polar surface area (TPSA) is 94.5 Å². The van der Waals surface area contributed by atoms with Gasteiger partial charge in [0.1, 0.15) is 11.9 Å². The Kier molecular flexibility index (Phi) is 5.03. The van der Waals surface area contributed by atoms with Crippen molar-refractivity contribution in [1.82, 2.24) is 15.0 Å². The summed E-state index contributed by atoms with van der Waals surface area (Å²) in [6.07, 6.45) is 0.829. The number of amides is 1. The number of hydrogen-bond donors (Lipinski definition) is 1. The molecule has 2 N–H and O–H groups in total. The third kappa shape index (κ3) is 3.99. The average molecular weight is 344 g/mol. The van der Waals surface area contributed by atoms with Gasteiger partial charge in [0, 0.05) is 29.9 Å². The number of anilines is 1. The van der Waals surface area contributed by atoms with Crippen LogP contribution in [0.1, 0.15) is 40.9 Å². The predicted molar refractivity (Wildman–Crippen MR) is 93.0 cm³/mol. The van der Waals surface area contributed by atoms with Crippen molar-refractivity contribution < 1.29 is 14.1 Å². The summed E-state index contributed by atoms with van der Waals surface area (Å²) in [7, 11) is 0. The third-order valence-electron chi connectivity index (χ3n) is 4.51. The molecule has 25 heavy (non-hydrogen) atoms. The van der Waals surface area contributed by atoms with Crippen LogP contribution in [0.5, 0.6) is 0 Å². The Labute approximate surface area is 147 Å². The number of ether oxygens (including phenoxy) is 1. The first kappa shape index (κ1) is 17.4. The van der Waals surface area contributed by atoms with E-state index in [4.69, 9.17) is 15.0 Å². The fourth-order valence-corrected chi connectivity index (χ4v) is 3.19. The van der Waals surface area contributed by atoms with Crippen LogP contribution in [-0.4, -0.2) is 40.6 Å². The lowest BCUT2D eigenvalue weighted by molar-refractivity contribution is -0.139. The minimum absolute atomic E-state index is 0.105. The first-order valence-electron chi connectivity index (χ1n) is 8.49. The van der Waals surface area contributed by atoms with Crippen molar-refractivity contribution in [2.75, 3.05) is 25.4 Å². The molecule has 0 saturated carbocycles. The maximum atomic E-state index is 12.6. The van der Waals surface area contributed by atoms with Gasteiger partial charge in [-0.3, -0.25) is 9.78 Å². The first-order valence-corrected chi connectivity index (χ1v) is 8.49. The Morgan fingerprint density at radius 3 is 2.84 bits per heavy atom. The van der Waals surface area contributed by atoms with Crippen molar-refractivity contribution in [1.29, 1.82) is 0 Å². The van der Waals surface area contributed by atoms with Crippen molar-refractivity contribution in [3.05, 3.63) is 40.5 Å². The summed E-state index contributed by atoms with van der Waals surface area (Å²) in [6, 6.07) is 3.63. The van der Waals surface area contributed by atoms with Gasteiger partial charge in [-0.2, -0.15) is 0 Å². The van der Waals surface area contributed by atoms with Crippen LogP contribution < -0.4 is 5.73 Å². The molecule has 0 bridgehead atoms. The Morgan fingerprint density at radius 2 is 2.16 bits per heavy atom. The number of morpholine rings is 1. The molecule has 2 aromatic heterocycles. The Bertz CT molecular complexity index is 732. The second-order valence-electron chi connectivity index (χ2n) is 6.47. The highest BCUT2D eigenvalue weighted by Gasteiger charge is 2.26. The highest BCUT2D eigenvalue weighted by atomic mass is 16.5. The third-order valence-corrected chi connectivity index (χ3v) is 4.51. The molecule has 7 nitrogen and oxygen atoms in total. The van der Waals surface area contributed by atoms with Gasteiger partial charge in [0.05, 0.1) is 24.5 Å². The van der Waals surface area contributed by atoms with Gasteiger partial charge < -0.3 is 19.9 Å². The van der Waals surface area contributed by atoms with E-state index in [1.807, 2.05) is 37.8 Å². The van der Waals surface area contributed by atoms with E-state index in [1.165, 1.54) is 0 Å². The van der Waals surface area contributed by atoms with Gasteiger partial charge in [-0.15, -0.1) is 0 Å². The number of carbonyl (C=O) groups is 1. The van der Waals surface area contributed by atoms with Crippen LogP contribution in [0.15, 0.2) is 16.7 Å². The largest absolute Gasteiger partial charge is 0.399 e. The molecule has 1 aliphatic rings. The summed E-state index contributed by atoms with van der Waals surface area (Å²) in [6.45, 7) is 7.26. The molecule has 3 heterocycles. The molecule has 0 aliphatic carbocycles. The van der Waals surface area contributed by atoms with Crippen LogP contribution in [0.3, 0.4) is 0 Å². The van der Waals surface area contributed by atoms with Gasteiger partial charge in [0.15, 0.2) is 0 Å². The quantitative estimate of drug-likeness (QED) is 0.913. The summed E-state index contributed by atoms with van der Waals surface area (Å²) in [5.41, 5.74) is 10.1. The molecular formula is C18H24N4O3. The number of aromatic nitrogens is 2. The van der Waals surface area contributed by atoms with E-state index in [0.29, 0.717) is 38.2 Å². The second kappa shape index (κ2) is 7.23. The molecule has 1 unspecified atom stereocenters. The lowest BCUT2D eigenvalue weighted by atomic mass is 10.1. The zero-order chi connectivity index (χ0) is 18.0. The molecule has 1 fully saturated rings. The first-order chi connectivity index (χ1) is 11.9.